The summed E-state index contributed by atoms with van der Waals surface area (Å²) in [5.74, 6) is -0.465. The van der Waals surface area contributed by atoms with Crippen LogP contribution in [0.25, 0.3) is 11.8 Å². The molecule has 0 unspecified atom stereocenters. The molecule has 1 aromatic heterocycles. The van der Waals surface area contributed by atoms with Crippen LogP contribution in [0.4, 0.5) is 5.69 Å². The van der Waals surface area contributed by atoms with E-state index >= 15 is 0 Å². The molecule has 0 saturated heterocycles. The molecule has 0 fully saturated rings. The van der Waals surface area contributed by atoms with Gasteiger partial charge in [0.2, 0.25) is 5.91 Å². The number of nitrogens with one attached hydrogen (secondary N) is 1. The van der Waals surface area contributed by atoms with Crippen LogP contribution in [-0.4, -0.2) is 35.9 Å². The van der Waals surface area contributed by atoms with Crippen molar-refractivity contribution < 1.29 is 19.1 Å². The largest absolute Gasteiger partial charge is 0.497 e. The molecule has 1 amide bonds. The van der Waals surface area contributed by atoms with E-state index in [2.05, 4.69) is 10.4 Å². The van der Waals surface area contributed by atoms with Gasteiger partial charge in [0, 0.05) is 17.8 Å². The van der Waals surface area contributed by atoms with Gasteiger partial charge in [0.15, 0.2) is 0 Å². The van der Waals surface area contributed by atoms with Gasteiger partial charge in [-0.15, -0.1) is 0 Å². The Balaban J connectivity index is 1.72. The summed E-state index contributed by atoms with van der Waals surface area (Å²) in [6.45, 7) is 0. The van der Waals surface area contributed by atoms with Crippen LogP contribution >= 0.6 is 0 Å². The van der Waals surface area contributed by atoms with E-state index < -0.39 is 5.97 Å². The minimum Gasteiger partial charge on any atom is -0.497 e. The van der Waals surface area contributed by atoms with Crippen LogP contribution in [0.5, 0.6) is 5.75 Å². The van der Waals surface area contributed by atoms with E-state index in [1.165, 1.54) is 26.4 Å². The highest BCUT2D eigenvalue weighted by Gasteiger charge is 2.14. The first-order valence-corrected chi connectivity index (χ1v) is 8.46. The lowest BCUT2D eigenvalue weighted by Gasteiger charge is -2.10. The average molecular weight is 377 g/mol. The summed E-state index contributed by atoms with van der Waals surface area (Å²) in [4.78, 5) is 24.2. The van der Waals surface area contributed by atoms with E-state index in [9.17, 15) is 9.59 Å². The molecule has 1 heterocycles. The quantitative estimate of drug-likeness (QED) is 0.526. The lowest BCUT2D eigenvalue weighted by atomic mass is 10.1. The number of carbonyl (C=O) groups excluding carboxylic acids is 2. The maximum Gasteiger partial charge on any atom is 0.340 e. The van der Waals surface area contributed by atoms with Crippen molar-refractivity contribution >= 4 is 23.6 Å². The van der Waals surface area contributed by atoms with Crippen LogP contribution in [0.2, 0.25) is 0 Å². The number of hydrogen-bond acceptors (Lipinski definition) is 5. The van der Waals surface area contributed by atoms with Crippen molar-refractivity contribution in [1.29, 1.82) is 0 Å². The number of para-hydroxylation sites is 1. The summed E-state index contributed by atoms with van der Waals surface area (Å²) in [6.07, 6.45) is 6.48. The molecular formula is C21H19N3O4. The average Bonchev–Trinajstić information content (AvgIpc) is 3.22. The predicted molar refractivity (Wildman–Crippen MR) is 106 cm³/mol. The highest BCUT2D eigenvalue weighted by molar-refractivity contribution is 6.06. The molecule has 7 nitrogen and oxygen atoms in total. The standard InChI is InChI=1S/C21H19N3O4/c1-27-17-9-10-19(18(12-17)21(26)28-2)23-20(25)11-8-15-13-22-24(14-15)16-6-4-3-5-7-16/h3-14H,1-2H3,(H,23,25)/b11-8+. The van der Waals surface area contributed by atoms with Gasteiger partial charge < -0.3 is 14.8 Å². The monoisotopic (exact) mass is 377 g/mol. The van der Waals surface area contributed by atoms with Gasteiger partial charge in [-0.05, 0) is 36.4 Å². The van der Waals surface area contributed by atoms with Crippen molar-refractivity contribution in [3.8, 4) is 11.4 Å². The topological polar surface area (TPSA) is 82.4 Å². The Kier molecular flexibility index (Phi) is 5.86. The van der Waals surface area contributed by atoms with Crippen LogP contribution in [0.1, 0.15) is 15.9 Å². The Hall–Kier alpha value is -3.87. The number of aromatic nitrogens is 2. The van der Waals surface area contributed by atoms with Gasteiger partial charge in [-0.2, -0.15) is 5.10 Å². The van der Waals surface area contributed by atoms with Crippen molar-refractivity contribution in [3.05, 3.63) is 78.1 Å². The molecule has 0 radical (unpaired) electrons. The van der Waals surface area contributed by atoms with Gasteiger partial charge >= 0.3 is 5.97 Å². The van der Waals surface area contributed by atoms with Crippen molar-refractivity contribution in [3.63, 3.8) is 0 Å². The highest BCUT2D eigenvalue weighted by Crippen LogP contribution is 2.23. The molecule has 1 N–H and O–H groups in total. The fraction of sp³-hybridized carbons (Fsp3) is 0.0952. The number of amides is 1. The van der Waals surface area contributed by atoms with Gasteiger partial charge in [0.1, 0.15) is 5.75 Å². The Morgan fingerprint density at radius 3 is 2.61 bits per heavy atom. The molecule has 0 saturated carbocycles. The van der Waals surface area contributed by atoms with Crippen molar-refractivity contribution in [2.75, 3.05) is 19.5 Å². The summed E-state index contributed by atoms with van der Waals surface area (Å²) in [5.41, 5.74) is 2.23. The number of benzene rings is 2. The predicted octanol–water partition coefficient (Wildman–Crippen LogP) is 3.32. The van der Waals surface area contributed by atoms with Gasteiger partial charge in [-0.3, -0.25) is 4.79 Å². The van der Waals surface area contributed by atoms with E-state index in [1.54, 1.807) is 29.1 Å². The zero-order chi connectivity index (χ0) is 19.9. The number of ether oxygens (including phenoxy) is 2. The minimum atomic E-state index is -0.567. The fourth-order valence-corrected chi connectivity index (χ4v) is 2.53. The lowest BCUT2D eigenvalue weighted by Crippen LogP contribution is -2.13. The van der Waals surface area contributed by atoms with E-state index in [-0.39, 0.29) is 11.5 Å². The van der Waals surface area contributed by atoms with Gasteiger partial charge in [0.05, 0.1) is 37.4 Å². The fourth-order valence-electron chi connectivity index (χ4n) is 2.53. The smallest absolute Gasteiger partial charge is 0.340 e. The second-order valence-electron chi connectivity index (χ2n) is 5.78. The third kappa shape index (κ3) is 4.45. The molecule has 28 heavy (non-hydrogen) atoms. The van der Waals surface area contributed by atoms with Crippen LogP contribution in [-0.2, 0) is 9.53 Å². The molecule has 3 rings (SSSR count). The van der Waals surface area contributed by atoms with Crippen LogP contribution in [0.3, 0.4) is 0 Å². The zero-order valence-corrected chi connectivity index (χ0v) is 15.5. The number of carbonyl (C=O) groups is 2. The first-order valence-electron chi connectivity index (χ1n) is 8.46. The Morgan fingerprint density at radius 1 is 1.11 bits per heavy atom. The zero-order valence-electron chi connectivity index (χ0n) is 15.5. The maximum absolute atomic E-state index is 12.3. The molecule has 7 heteroatoms. The van der Waals surface area contributed by atoms with Crippen molar-refractivity contribution in [2.45, 2.75) is 0 Å². The Bertz CT molecular complexity index is 1010. The molecule has 2 aromatic carbocycles. The normalized spacial score (nSPS) is 10.6. The molecule has 0 aliphatic rings. The number of methoxy groups -OCH3 is 2. The van der Waals surface area contributed by atoms with Crippen molar-refractivity contribution in [1.82, 2.24) is 9.78 Å². The molecule has 142 valence electrons. The van der Waals surface area contributed by atoms with Crippen molar-refractivity contribution in [2.24, 2.45) is 0 Å². The summed E-state index contributed by atoms with van der Waals surface area (Å²) in [7, 11) is 2.77. The molecule has 3 aromatic rings. The van der Waals surface area contributed by atoms with E-state index in [0.717, 1.165) is 11.3 Å². The molecule has 0 spiro atoms. The van der Waals surface area contributed by atoms with Crippen LogP contribution in [0.15, 0.2) is 67.0 Å². The third-order valence-corrected chi connectivity index (χ3v) is 3.94. The number of rotatable bonds is 6. The summed E-state index contributed by atoms with van der Waals surface area (Å²) in [6, 6.07) is 14.4. The Morgan fingerprint density at radius 2 is 1.89 bits per heavy atom. The summed E-state index contributed by atoms with van der Waals surface area (Å²) >= 11 is 0. The first-order chi connectivity index (χ1) is 13.6. The van der Waals surface area contributed by atoms with Crippen LogP contribution < -0.4 is 10.1 Å². The summed E-state index contributed by atoms with van der Waals surface area (Å²) < 4.78 is 11.6. The molecule has 0 bridgehead atoms. The van der Waals surface area contributed by atoms with E-state index in [1.807, 2.05) is 36.5 Å². The SMILES string of the molecule is COC(=O)c1cc(OC)ccc1NC(=O)/C=C/c1cnn(-c2ccccc2)c1. The summed E-state index contributed by atoms with van der Waals surface area (Å²) in [5, 5.41) is 6.95. The number of esters is 1. The second-order valence-corrected chi connectivity index (χ2v) is 5.78. The van der Waals surface area contributed by atoms with E-state index in [4.69, 9.17) is 9.47 Å². The van der Waals surface area contributed by atoms with E-state index in [0.29, 0.717) is 11.4 Å². The van der Waals surface area contributed by atoms with Gasteiger partial charge in [-0.1, -0.05) is 18.2 Å². The Labute approximate surface area is 162 Å². The van der Waals surface area contributed by atoms with Gasteiger partial charge in [-0.25, -0.2) is 9.48 Å². The molecule has 0 atom stereocenters. The maximum atomic E-state index is 12.3. The minimum absolute atomic E-state index is 0.209. The number of anilines is 1. The third-order valence-electron chi connectivity index (χ3n) is 3.94. The first kappa shape index (κ1) is 18.9. The molecule has 0 aliphatic carbocycles. The second kappa shape index (κ2) is 8.68. The van der Waals surface area contributed by atoms with Crippen LogP contribution in [0, 0.1) is 0 Å². The van der Waals surface area contributed by atoms with Gasteiger partial charge in [0.25, 0.3) is 0 Å². The lowest BCUT2D eigenvalue weighted by molar-refractivity contribution is -0.111. The number of nitrogens with zero attached hydrogens (tertiary/aromatic N) is 2. The number of hydrogen-bond donors (Lipinski definition) is 1. The molecule has 0 aliphatic heterocycles. The highest BCUT2D eigenvalue weighted by atomic mass is 16.5. The molecular weight excluding hydrogens is 358 g/mol.